The number of para-hydroxylation sites is 1. The van der Waals surface area contributed by atoms with Gasteiger partial charge in [-0.05, 0) is 12.1 Å². The van der Waals surface area contributed by atoms with Crippen LogP contribution in [0.25, 0.3) is 0 Å². The molecule has 1 unspecified atom stereocenters. The third-order valence-corrected chi connectivity index (χ3v) is 3.19. The number of cyclic esters (lactones) is 1. The highest BCUT2D eigenvalue weighted by Gasteiger charge is 2.27. The maximum absolute atomic E-state index is 11.6. The van der Waals surface area contributed by atoms with Gasteiger partial charge in [-0.15, -0.1) is 0 Å². The summed E-state index contributed by atoms with van der Waals surface area (Å²) in [5.74, 6) is 0.690. The van der Waals surface area contributed by atoms with Crippen LogP contribution in [0.2, 0.25) is 0 Å². The van der Waals surface area contributed by atoms with Crippen LogP contribution in [0.5, 0.6) is 5.75 Å². The van der Waals surface area contributed by atoms with E-state index < -0.39 is 0 Å². The van der Waals surface area contributed by atoms with E-state index >= 15 is 0 Å². The lowest BCUT2D eigenvalue weighted by Gasteiger charge is -2.09. The van der Waals surface area contributed by atoms with Crippen molar-refractivity contribution in [2.45, 2.75) is 18.9 Å². The van der Waals surface area contributed by atoms with Crippen LogP contribution in [-0.4, -0.2) is 49.7 Å². The molecule has 114 valence electrons. The third-order valence-electron chi connectivity index (χ3n) is 3.19. The van der Waals surface area contributed by atoms with Gasteiger partial charge in [0.15, 0.2) is 0 Å². The Hall–Kier alpha value is -2.24. The highest BCUT2D eigenvalue weighted by atomic mass is 16.6. The van der Waals surface area contributed by atoms with Crippen LogP contribution in [0.4, 0.5) is 4.79 Å². The monoisotopic (exact) mass is 292 g/mol. The summed E-state index contributed by atoms with van der Waals surface area (Å²) in [5.41, 5.74) is 0. The zero-order valence-corrected chi connectivity index (χ0v) is 12.1. The van der Waals surface area contributed by atoms with Crippen LogP contribution in [0, 0.1) is 0 Å². The number of likely N-dealkylation sites (N-methyl/N-ethyl adjacent to an activating group) is 1. The van der Waals surface area contributed by atoms with Gasteiger partial charge >= 0.3 is 6.09 Å². The first-order valence-corrected chi connectivity index (χ1v) is 7.01. The van der Waals surface area contributed by atoms with E-state index in [4.69, 9.17) is 9.47 Å². The van der Waals surface area contributed by atoms with Crippen molar-refractivity contribution < 1.29 is 19.1 Å². The van der Waals surface area contributed by atoms with Gasteiger partial charge in [0.05, 0.1) is 19.6 Å². The van der Waals surface area contributed by atoms with E-state index in [9.17, 15) is 9.59 Å². The summed E-state index contributed by atoms with van der Waals surface area (Å²) >= 11 is 0. The van der Waals surface area contributed by atoms with E-state index in [1.54, 1.807) is 7.05 Å². The molecular weight excluding hydrogens is 272 g/mol. The molecule has 1 N–H and O–H groups in total. The second-order valence-corrected chi connectivity index (χ2v) is 4.94. The Morgan fingerprint density at radius 1 is 1.43 bits per heavy atom. The lowest BCUT2D eigenvalue weighted by molar-refractivity contribution is -0.121. The fraction of sp³-hybridized carbons (Fsp3) is 0.467. The molecule has 0 bridgehead atoms. The lowest BCUT2D eigenvalue weighted by Crippen LogP contribution is -2.29. The van der Waals surface area contributed by atoms with Gasteiger partial charge in [0.25, 0.3) is 0 Å². The van der Waals surface area contributed by atoms with Gasteiger partial charge in [0, 0.05) is 20.0 Å². The standard InChI is InChI=1S/C15H20N2O4/c1-17-11-13(21-15(17)19)7-9-16-14(18)8-10-20-12-5-3-2-4-6-12/h2-6,13H,7-11H2,1H3,(H,16,18). The molecule has 6 heteroatoms. The molecule has 0 spiro atoms. The summed E-state index contributed by atoms with van der Waals surface area (Å²) in [5, 5.41) is 2.80. The molecule has 1 atom stereocenters. The maximum Gasteiger partial charge on any atom is 0.409 e. The lowest BCUT2D eigenvalue weighted by atomic mass is 10.2. The summed E-state index contributed by atoms with van der Waals surface area (Å²) < 4.78 is 10.6. The van der Waals surface area contributed by atoms with Crippen LogP contribution in [0.15, 0.2) is 30.3 Å². The van der Waals surface area contributed by atoms with Gasteiger partial charge in [-0.2, -0.15) is 0 Å². The highest BCUT2D eigenvalue weighted by molar-refractivity contribution is 5.76. The first-order chi connectivity index (χ1) is 10.1. The van der Waals surface area contributed by atoms with Gasteiger partial charge in [0.2, 0.25) is 5.91 Å². The molecule has 0 radical (unpaired) electrons. The van der Waals surface area contributed by atoms with E-state index in [0.29, 0.717) is 32.5 Å². The van der Waals surface area contributed by atoms with Crippen molar-refractivity contribution in [3.63, 3.8) is 0 Å². The van der Waals surface area contributed by atoms with Gasteiger partial charge in [0.1, 0.15) is 11.9 Å². The topological polar surface area (TPSA) is 67.9 Å². The van der Waals surface area contributed by atoms with Crippen molar-refractivity contribution in [3.8, 4) is 5.75 Å². The molecule has 0 aliphatic carbocycles. The van der Waals surface area contributed by atoms with Crippen molar-refractivity contribution in [1.29, 1.82) is 0 Å². The molecule has 21 heavy (non-hydrogen) atoms. The second-order valence-electron chi connectivity index (χ2n) is 4.94. The fourth-order valence-corrected chi connectivity index (χ4v) is 2.04. The Kier molecular flexibility index (Phi) is 5.43. The molecule has 1 heterocycles. The molecule has 0 aromatic heterocycles. The number of benzene rings is 1. The van der Waals surface area contributed by atoms with Crippen molar-refractivity contribution in [1.82, 2.24) is 10.2 Å². The number of hydrogen-bond acceptors (Lipinski definition) is 4. The maximum atomic E-state index is 11.6. The summed E-state index contributed by atoms with van der Waals surface area (Å²) in [6.45, 7) is 1.42. The van der Waals surface area contributed by atoms with E-state index in [0.717, 1.165) is 5.75 Å². The van der Waals surface area contributed by atoms with E-state index in [2.05, 4.69) is 5.32 Å². The van der Waals surface area contributed by atoms with Crippen molar-refractivity contribution in [2.75, 3.05) is 26.7 Å². The molecule has 6 nitrogen and oxygen atoms in total. The van der Waals surface area contributed by atoms with Crippen LogP contribution < -0.4 is 10.1 Å². The zero-order valence-electron chi connectivity index (χ0n) is 12.1. The molecular formula is C15H20N2O4. The summed E-state index contributed by atoms with van der Waals surface area (Å²) in [7, 11) is 1.70. The SMILES string of the molecule is CN1CC(CCNC(=O)CCOc2ccccc2)OC1=O. The molecule has 1 aliphatic rings. The first-order valence-electron chi connectivity index (χ1n) is 7.01. The second kappa shape index (κ2) is 7.52. The minimum atomic E-state index is -0.303. The van der Waals surface area contributed by atoms with Gasteiger partial charge in [-0.1, -0.05) is 18.2 Å². The molecule has 1 aromatic carbocycles. The van der Waals surface area contributed by atoms with E-state index in [1.807, 2.05) is 30.3 Å². The van der Waals surface area contributed by atoms with Crippen LogP contribution >= 0.6 is 0 Å². The zero-order chi connectivity index (χ0) is 15.1. The van der Waals surface area contributed by atoms with Crippen molar-refractivity contribution in [3.05, 3.63) is 30.3 Å². The molecule has 1 aliphatic heterocycles. The molecule has 2 rings (SSSR count). The number of carbonyl (C=O) groups excluding carboxylic acids is 2. The van der Waals surface area contributed by atoms with E-state index in [1.165, 1.54) is 4.90 Å². The number of rotatable bonds is 7. The predicted octanol–water partition coefficient (Wildman–Crippen LogP) is 1.41. The largest absolute Gasteiger partial charge is 0.493 e. The van der Waals surface area contributed by atoms with Crippen molar-refractivity contribution in [2.24, 2.45) is 0 Å². The molecule has 2 amide bonds. The Morgan fingerprint density at radius 3 is 2.86 bits per heavy atom. The van der Waals surface area contributed by atoms with Gasteiger partial charge in [-0.3, -0.25) is 4.79 Å². The normalized spacial score (nSPS) is 17.5. The predicted molar refractivity (Wildman–Crippen MR) is 77.1 cm³/mol. The fourth-order valence-electron chi connectivity index (χ4n) is 2.04. The Balaban J connectivity index is 1.55. The summed E-state index contributed by atoms with van der Waals surface area (Å²) in [6.07, 6.45) is 0.492. The summed E-state index contributed by atoms with van der Waals surface area (Å²) in [4.78, 5) is 24.3. The average molecular weight is 292 g/mol. The number of hydrogen-bond donors (Lipinski definition) is 1. The van der Waals surface area contributed by atoms with Crippen molar-refractivity contribution >= 4 is 12.0 Å². The molecule has 1 fully saturated rings. The van der Waals surface area contributed by atoms with Crippen LogP contribution in [0.3, 0.4) is 0 Å². The Bertz CT molecular complexity index is 478. The quantitative estimate of drug-likeness (QED) is 0.825. The number of nitrogens with zero attached hydrogens (tertiary/aromatic N) is 1. The smallest absolute Gasteiger partial charge is 0.409 e. The Morgan fingerprint density at radius 2 is 2.19 bits per heavy atom. The highest BCUT2D eigenvalue weighted by Crippen LogP contribution is 2.11. The first kappa shape index (κ1) is 15.2. The number of nitrogens with one attached hydrogen (secondary N) is 1. The Labute approximate surface area is 124 Å². The van der Waals surface area contributed by atoms with Crippen LogP contribution in [-0.2, 0) is 9.53 Å². The molecule has 1 aromatic rings. The molecule has 1 saturated heterocycles. The number of carbonyl (C=O) groups is 2. The minimum Gasteiger partial charge on any atom is -0.493 e. The third kappa shape index (κ3) is 4.98. The van der Waals surface area contributed by atoms with Gasteiger partial charge in [-0.25, -0.2) is 4.79 Å². The molecule has 0 saturated carbocycles. The van der Waals surface area contributed by atoms with Crippen LogP contribution in [0.1, 0.15) is 12.8 Å². The summed E-state index contributed by atoms with van der Waals surface area (Å²) in [6, 6.07) is 9.38. The van der Waals surface area contributed by atoms with E-state index in [-0.39, 0.29) is 18.1 Å². The average Bonchev–Trinajstić information content (AvgIpc) is 2.79. The minimum absolute atomic E-state index is 0.0661. The number of ether oxygens (including phenoxy) is 2. The van der Waals surface area contributed by atoms with Gasteiger partial charge < -0.3 is 19.7 Å². The number of amides is 2.